The van der Waals surface area contributed by atoms with Crippen LogP contribution in [0.2, 0.25) is 0 Å². The summed E-state index contributed by atoms with van der Waals surface area (Å²) in [5.41, 5.74) is 0. The van der Waals surface area contributed by atoms with Crippen molar-refractivity contribution in [3.05, 3.63) is 60.8 Å². The minimum Gasteiger partial charge on any atom is -0.480 e. The Morgan fingerprint density at radius 1 is 0.600 bits per heavy atom. The van der Waals surface area contributed by atoms with Crippen molar-refractivity contribution in [2.45, 2.75) is 161 Å². The monoisotopic (exact) mass is 627 g/mol. The fourth-order valence-electron chi connectivity index (χ4n) is 4.88. The van der Waals surface area contributed by atoms with Crippen molar-refractivity contribution in [3.8, 4) is 0 Å². The second-order valence-corrected chi connectivity index (χ2v) is 11.8. The number of hydrogen-bond donors (Lipinski definition) is 2. The molecule has 6 nitrogen and oxygen atoms in total. The highest BCUT2D eigenvalue weighted by atomic mass is 16.5. The van der Waals surface area contributed by atoms with E-state index in [0.29, 0.717) is 12.8 Å². The fraction of sp³-hybridized carbons (Fsp3) is 0.667. The molecule has 1 atom stereocenters. The van der Waals surface area contributed by atoms with E-state index < -0.39 is 5.97 Å². The van der Waals surface area contributed by atoms with E-state index in [2.05, 4.69) is 67.8 Å². The second kappa shape index (κ2) is 34.0. The van der Waals surface area contributed by atoms with E-state index in [0.717, 1.165) is 83.5 Å². The number of carbonyl (C=O) groups is 3. The molecule has 0 heterocycles. The average Bonchev–Trinajstić information content (AvgIpc) is 3.02. The SMILES string of the molecule is CC/C=C\C/C=C\C/C=C\C/C=C\C/C=C\CC(=O)OC(CCCCCCCCCC)CCCCCCCC(=O)NCC(=O)O. The maximum absolute atomic E-state index is 12.6. The molecule has 45 heavy (non-hydrogen) atoms. The summed E-state index contributed by atoms with van der Waals surface area (Å²) >= 11 is 0. The van der Waals surface area contributed by atoms with E-state index in [-0.39, 0.29) is 24.5 Å². The van der Waals surface area contributed by atoms with E-state index >= 15 is 0 Å². The van der Waals surface area contributed by atoms with Crippen molar-refractivity contribution in [1.29, 1.82) is 0 Å². The molecule has 0 aliphatic carbocycles. The smallest absolute Gasteiger partial charge is 0.322 e. The number of aliphatic carboxylic acids is 1. The Morgan fingerprint density at radius 2 is 1.04 bits per heavy atom. The van der Waals surface area contributed by atoms with Gasteiger partial charge < -0.3 is 15.2 Å². The molecule has 0 fully saturated rings. The van der Waals surface area contributed by atoms with Crippen molar-refractivity contribution in [1.82, 2.24) is 5.32 Å². The van der Waals surface area contributed by atoms with Crippen LogP contribution in [-0.4, -0.2) is 35.6 Å². The molecule has 2 N–H and O–H groups in total. The van der Waals surface area contributed by atoms with Crippen molar-refractivity contribution in [2.75, 3.05) is 6.54 Å². The molecule has 1 unspecified atom stereocenters. The van der Waals surface area contributed by atoms with Crippen LogP contribution in [0.25, 0.3) is 0 Å². The van der Waals surface area contributed by atoms with Gasteiger partial charge in [0.25, 0.3) is 0 Å². The van der Waals surface area contributed by atoms with Crippen molar-refractivity contribution >= 4 is 17.8 Å². The Hall–Kier alpha value is -2.89. The minimum atomic E-state index is -1.02. The Morgan fingerprint density at radius 3 is 1.53 bits per heavy atom. The van der Waals surface area contributed by atoms with Crippen LogP contribution in [0.3, 0.4) is 0 Å². The van der Waals surface area contributed by atoms with Crippen LogP contribution in [0.1, 0.15) is 155 Å². The van der Waals surface area contributed by atoms with Gasteiger partial charge in [-0.2, -0.15) is 0 Å². The number of carbonyl (C=O) groups excluding carboxylic acids is 2. The minimum absolute atomic E-state index is 0.0258. The molecular formula is C39H65NO5. The molecule has 0 aliphatic rings. The van der Waals surface area contributed by atoms with Gasteiger partial charge in [-0.3, -0.25) is 14.4 Å². The zero-order valence-electron chi connectivity index (χ0n) is 28.7. The van der Waals surface area contributed by atoms with Gasteiger partial charge >= 0.3 is 11.9 Å². The molecule has 256 valence electrons. The molecule has 1 amide bonds. The van der Waals surface area contributed by atoms with Crippen LogP contribution in [0.5, 0.6) is 0 Å². The number of allylic oxidation sites excluding steroid dienone is 9. The quantitative estimate of drug-likeness (QED) is 0.0453. The van der Waals surface area contributed by atoms with Crippen LogP contribution < -0.4 is 5.32 Å². The van der Waals surface area contributed by atoms with E-state index in [1.807, 2.05) is 12.2 Å². The van der Waals surface area contributed by atoms with Gasteiger partial charge in [-0.15, -0.1) is 0 Å². The summed E-state index contributed by atoms with van der Waals surface area (Å²) in [7, 11) is 0. The van der Waals surface area contributed by atoms with Gasteiger partial charge in [0.1, 0.15) is 12.6 Å². The average molecular weight is 628 g/mol. The third-order valence-electron chi connectivity index (χ3n) is 7.49. The number of nitrogens with one attached hydrogen (secondary N) is 1. The zero-order chi connectivity index (χ0) is 33.1. The number of ether oxygens (including phenoxy) is 1. The van der Waals surface area contributed by atoms with Gasteiger partial charge in [-0.05, 0) is 64.2 Å². The lowest BCUT2D eigenvalue weighted by Gasteiger charge is -2.18. The van der Waals surface area contributed by atoms with Crippen molar-refractivity contribution in [3.63, 3.8) is 0 Å². The standard InChI is InChI=1S/C39H65NO5/c1-3-5-7-9-11-13-14-15-16-17-18-19-21-26-30-34-39(44)45-36(31-27-23-20-12-10-8-6-4-2)32-28-24-22-25-29-33-37(41)40-35-38(42)43/h5,7,11,13,15-16,18-19,26,30,36H,3-4,6,8-10,12,14,17,20-25,27-29,31-35H2,1-2H3,(H,40,41)(H,42,43)/b7-5-,13-11-,16-15-,19-18-,30-26-. The van der Waals surface area contributed by atoms with Crippen LogP contribution in [0.4, 0.5) is 0 Å². The molecule has 6 heteroatoms. The number of carboxylic acids is 1. The topological polar surface area (TPSA) is 92.7 Å². The van der Waals surface area contributed by atoms with Gasteiger partial charge in [0, 0.05) is 6.42 Å². The molecule has 0 bridgehead atoms. The van der Waals surface area contributed by atoms with Gasteiger partial charge in [0.2, 0.25) is 5.91 Å². The molecule has 0 aromatic heterocycles. The number of amides is 1. The first-order valence-corrected chi connectivity index (χ1v) is 17.9. The Balaban J connectivity index is 4.30. The van der Waals surface area contributed by atoms with Crippen LogP contribution in [-0.2, 0) is 19.1 Å². The largest absolute Gasteiger partial charge is 0.480 e. The highest BCUT2D eigenvalue weighted by Crippen LogP contribution is 2.18. The van der Waals surface area contributed by atoms with E-state index in [9.17, 15) is 14.4 Å². The third-order valence-corrected chi connectivity index (χ3v) is 7.49. The highest BCUT2D eigenvalue weighted by molar-refractivity contribution is 5.80. The van der Waals surface area contributed by atoms with Crippen LogP contribution in [0, 0.1) is 0 Å². The number of hydrogen-bond acceptors (Lipinski definition) is 4. The zero-order valence-corrected chi connectivity index (χ0v) is 28.7. The van der Waals surface area contributed by atoms with Gasteiger partial charge in [0.15, 0.2) is 0 Å². The lowest BCUT2D eigenvalue weighted by Crippen LogP contribution is -2.28. The summed E-state index contributed by atoms with van der Waals surface area (Å²) in [5, 5.41) is 11.0. The predicted octanol–water partition coefficient (Wildman–Crippen LogP) is 10.5. The first kappa shape index (κ1) is 42.1. The summed E-state index contributed by atoms with van der Waals surface area (Å²) in [4.78, 5) is 34.7. The van der Waals surface area contributed by atoms with E-state index in [1.165, 1.54) is 44.9 Å². The summed E-state index contributed by atoms with van der Waals surface area (Å²) in [6.45, 7) is 4.07. The Kier molecular flexibility index (Phi) is 31.8. The fourth-order valence-corrected chi connectivity index (χ4v) is 4.88. The first-order chi connectivity index (χ1) is 22.0. The first-order valence-electron chi connectivity index (χ1n) is 17.9. The highest BCUT2D eigenvalue weighted by Gasteiger charge is 2.13. The molecule has 0 aromatic carbocycles. The van der Waals surface area contributed by atoms with Crippen LogP contribution in [0.15, 0.2) is 60.8 Å². The Bertz CT molecular complexity index is 871. The van der Waals surface area contributed by atoms with Gasteiger partial charge in [0.05, 0.1) is 6.42 Å². The molecule has 0 radical (unpaired) electrons. The molecule has 0 spiro atoms. The normalized spacial score (nSPS) is 12.8. The number of carboxylic acid groups (broad SMARTS) is 1. The molecule has 0 saturated heterocycles. The second-order valence-electron chi connectivity index (χ2n) is 11.8. The third kappa shape index (κ3) is 33.8. The lowest BCUT2D eigenvalue weighted by molar-refractivity contribution is -0.148. The predicted molar refractivity (Wildman–Crippen MR) is 189 cm³/mol. The van der Waals surface area contributed by atoms with Crippen molar-refractivity contribution in [2.24, 2.45) is 0 Å². The summed E-state index contributed by atoms with van der Waals surface area (Å²) < 4.78 is 5.91. The Labute approximate surface area is 275 Å². The van der Waals surface area contributed by atoms with Crippen LogP contribution >= 0.6 is 0 Å². The molecule has 0 saturated carbocycles. The van der Waals surface area contributed by atoms with E-state index in [1.54, 1.807) is 0 Å². The molecule has 0 aromatic rings. The molecular weight excluding hydrogens is 562 g/mol. The summed E-state index contributed by atoms with van der Waals surface area (Å²) in [6.07, 6.45) is 43.5. The van der Waals surface area contributed by atoms with E-state index in [4.69, 9.17) is 9.84 Å². The summed E-state index contributed by atoms with van der Waals surface area (Å²) in [5.74, 6) is -1.38. The van der Waals surface area contributed by atoms with Gasteiger partial charge in [-0.1, -0.05) is 139 Å². The molecule has 0 rings (SSSR count). The lowest BCUT2D eigenvalue weighted by atomic mass is 10.0. The summed E-state index contributed by atoms with van der Waals surface area (Å²) in [6, 6.07) is 0. The number of rotatable bonds is 31. The van der Waals surface area contributed by atoms with Gasteiger partial charge in [-0.25, -0.2) is 0 Å². The maximum Gasteiger partial charge on any atom is 0.322 e. The number of esters is 1. The maximum atomic E-state index is 12.6. The number of unbranched alkanes of at least 4 members (excludes halogenated alkanes) is 11. The van der Waals surface area contributed by atoms with Crippen molar-refractivity contribution < 1.29 is 24.2 Å². The molecule has 0 aliphatic heterocycles.